The molecule has 7 nitrogen and oxygen atoms in total. The molecule has 2 aromatic carbocycles. The first-order valence-corrected chi connectivity index (χ1v) is 14.4. The number of carbonyl (C=O) groups is 1. The topological polar surface area (TPSA) is 97.9 Å². The summed E-state index contributed by atoms with van der Waals surface area (Å²) in [5.74, 6) is -0.791. The number of carboxylic acid groups (broad SMARTS) is 1. The van der Waals surface area contributed by atoms with E-state index in [2.05, 4.69) is 80.6 Å². The van der Waals surface area contributed by atoms with Crippen LogP contribution in [-0.2, 0) is 25.7 Å². The Labute approximate surface area is 225 Å². The van der Waals surface area contributed by atoms with Crippen molar-refractivity contribution in [3.63, 3.8) is 0 Å². The number of fused-ring (bicyclic) bond motifs is 2. The van der Waals surface area contributed by atoms with Gasteiger partial charge in [-0.05, 0) is 56.5 Å². The van der Waals surface area contributed by atoms with Gasteiger partial charge in [-0.25, -0.2) is 0 Å². The van der Waals surface area contributed by atoms with Crippen LogP contribution in [-0.4, -0.2) is 47.9 Å². The van der Waals surface area contributed by atoms with Crippen molar-refractivity contribution >= 4 is 33.2 Å². The SMILES string of the molecule is C[N+]1=C(/C=C/C=C2/N(CCCCCC(=O)O)c3ccc(S(=O)(=O)O)cc3C2(C)C)C(C)(C)c2ccccc21. The number of unbranched alkanes of at least 4 members (excludes halogenated alkanes) is 2. The summed E-state index contributed by atoms with van der Waals surface area (Å²) in [5.41, 5.74) is 5.75. The Morgan fingerprint density at radius 1 is 1.00 bits per heavy atom. The van der Waals surface area contributed by atoms with Crippen LogP contribution in [0, 0.1) is 0 Å². The van der Waals surface area contributed by atoms with E-state index >= 15 is 0 Å². The van der Waals surface area contributed by atoms with Gasteiger partial charge >= 0.3 is 5.97 Å². The van der Waals surface area contributed by atoms with E-state index in [1.165, 1.54) is 23.0 Å². The Morgan fingerprint density at radius 3 is 2.37 bits per heavy atom. The van der Waals surface area contributed by atoms with Crippen molar-refractivity contribution in [2.24, 2.45) is 0 Å². The Bertz CT molecular complexity index is 1470. The Kier molecular flexibility index (Phi) is 7.43. The van der Waals surface area contributed by atoms with Crippen LogP contribution in [0.25, 0.3) is 0 Å². The van der Waals surface area contributed by atoms with E-state index in [4.69, 9.17) is 5.11 Å². The molecule has 2 N–H and O–H groups in total. The van der Waals surface area contributed by atoms with Gasteiger partial charge in [0.15, 0.2) is 5.71 Å². The van der Waals surface area contributed by atoms with Crippen LogP contribution in [0.5, 0.6) is 0 Å². The highest BCUT2D eigenvalue weighted by Crippen LogP contribution is 2.48. The molecule has 0 spiro atoms. The molecular weight excluding hydrogens is 500 g/mol. The largest absolute Gasteiger partial charge is 0.481 e. The molecule has 0 radical (unpaired) electrons. The number of aliphatic carboxylic acids is 1. The molecular formula is C30H37N2O5S+. The van der Waals surface area contributed by atoms with Crippen molar-refractivity contribution in [2.75, 3.05) is 18.5 Å². The van der Waals surface area contributed by atoms with Gasteiger partial charge in [0.1, 0.15) is 7.05 Å². The van der Waals surface area contributed by atoms with Gasteiger partial charge in [-0.3, -0.25) is 9.35 Å². The number of hydrogen-bond donors (Lipinski definition) is 2. The van der Waals surface area contributed by atoms with Gasteiger partial charge < -0.3 is 10.0 Å². The quantitative estimate of drug-likeness (QED) is 0.238. The second-order valence-electron chi connectivity index (χ2n) is 11.1. The summed E-state index contributed by atoms with van der Waals surface area (Å²) in [4.78, 5) is 13.0. The highest BCUT2D eigenvalue weighted by molar-refractivity contribution is 7.85. The van der Waals surface area contributed by atoms with Crippen molar-refractivity contribution in [1.82, 2.24) is 0 Å². The number of carboxylic acids is 1. The third-order valence-corrected chi connectivity index (χ3v) is 8.73. The lowest BCUT2D eigenvalue weighted by Gasteiger charge is -2.27. The first-order chi connectivity index (χ1) is 17.8. The third-order valence-electron chi connectivity index (χ3n) is 7.88. The van der Waals surface area contributed by atoms with E-state index in [0.29, 0.717) is 13.0 Å². The molecule has 0 aromatic heterocycles. The summed E-state index contributed by atoms with van der Waals surface area (Å²) in [6.07, 6.45) is 8.62. The lowest BCUT2D eigenvalue weighted by molar-refractivity contribution is -0.401. The molecule has 2 aromatic rings. The van der Waals surface area contributed by atoms with Crippen molar-refractivity contribution < 1.29 is 27.4 Å². The minimum absolute atomic E-state index is 0.120. The van der Waals surface area contributed by atoms with E-state index < -0.39 is 21.5 Å². The fraction of sp³-hybridized carbons (Fsp3) is 0.400. The molecule has 0 amide bonds. The Hall–Kier alpha value is -3.23. The summed E-state index contributed by atoms with van der Waals surface area (Å²) >= 11 is 0. The zero-order valence-corrected chi connectivity index (χ0v) is 23.5. The predicted molar refractivity (Wildman–Crippen MR) is 150 cm³/mol. The maximum absolute atomic E-state index is 11.9. The fourth-order valence-electron chi connectivity index (χ4n) is 5.81. The highest BCUT2D eigenvalue weighted by Gasteiger charge is 2.43. The van der Waals surface area contributed by atoms with Crippen molar-refractivity contribution in [3.8, 4) is 0 Å². The van der Waals surface area contributed by atoms with Crippen LogP contribution in [0.15, 0.2) is 71.3 Å². The second-order valence-corrected chi connectivity index (χ2v) is 12.6. The van der Waals surface area contributed by atoms with Crippen LogP contribution < -0.4 is 4.90 Å². The van der Waals surface area contributed by atoms with Gasteiger partial charge in [-0.1, -0.05) is 44.5 Å². The average Bonchev–Trinajstić information content (AvgIpc) is 3.17. The number of anilines is 1. The number of allylic oxidation sites excluding steroid dienone is 4. The lowest BCUT2D eigenvalue weighted by Crippen LogP contribution is -2.27. The van der Waals surface area contributed by atoms with Gasteiger partial charge in [0.05, 0.1) is 10.3 Å². The summed E-state index contributed by atoms with van der Waals surface area (Å²) in [6, 6.07) is 13.2. The molecule has 0 saturated carbocycles. The number of benzene rings is 2. The minimum atomic E-state index is -4.33. The molecule has 8 heteroatoms. The van der Waals surface area contributed by atoms with Crippen LogP contribution in [0.1, 0.15) is 64.5 Å². The number of hydrogen-bond acceptors (Lipinski definition) is 4. The van der Waals surface area contributed by atoms with Crippen LogP contribution in [0.4, 0.5) is 11.4 Å². The molecule has 2 aliphatic heterocycles. The molecule has 0 aliphatic carbocycles. The lowest BCUT2D eigenvalue weighted by atomic mass is 9.81. The Morgan fingerprint density at radius 2 is 1.71 bits per heavy atom. The van der Waals surface area contributed by atoms with E-state index in [-0.39, 0.29) is 16.7 Å². The first kappa shape index (κ1) is 27.8. The van der Waals surface area contributed by atoms with Gasteiger partial charge in [-0.2, -0.15) is 13.0 Å². The average molecular weight is 538 g/mol. The predicted octanol–water partition coefficient (Wildman–Crippen LogP) is 5.82. The van der Waals surface area contributed by atoms with Gasteiger partial charge in [0.25, 0.3) is 10.1 Å². The van der Waals surface area contributed by atoms with Crippen LogP contribution >= 0.6 is 0 Å². The molecule has 0 bridgehead atoms. The summed E-state index contributed by atoms with van der Waals surface area (Å²) in [5, 5.41) is 8.95. The van der Waals surface area contributed by atoms with Crippen LogP contribution in [0.3, 0.4) is 0 Å². The van der Waals surface area contributed by atoms with Gasteiger partial charge in [0.2, 0.25) is 5.69 Å². The van der Waals surface area contributed by atoms with Gasteiger partial charge in [0, 0.05) is 47.5 Å². The van der Waals surface area contributed by atoms with E-state index in [0.717, 1.165) is 29.8 Å². The van der Waals surface area contributed by atoms with Crippen molar-refractivity contribution in [3.05, 3.63) is 77.5 Å². The van der Waals surface area contributed by atoms with Crippen LogP contribution in [0.2, 0.25) is 0 Å². The fourth-order valence-corrected chi connectivity index (χ4v) is 6.32. The normalized spacial score (nSPS) is 18.9. The van der Waals surface area contributed by atoms with Crippen molar-refractivity contribution in [1.29, 1.82) is 0 Å². The van der Waals surface area contributed by atoms with E-state index in [9.17, 15) is 17.8 Å². The van der Waals surface area contributed by atoms with Crippen molar-refractivity contribution in [2.45, 2.75) is 69.1 Å². The van der Waals surface area contributed by atoms with Gasteiger partial charge in [-0.15, -0.1) is 0 Å². The molecule has 202 valence electrons. The monoisotopic (exact) mass is 537 g/mol. The van der Waals surface area contributed by atoms with E-state index in [1.54, 1.807) is 12.1 Å². The zero-order valence-electron chi connectivity index (χ0n) is 22.7. The maximum atomic E-state index is 11.9. The zero-order chi connectivity index (χ0) is 27.9. The maximum Gasteiger partial charge on any atom is 0.303 e. The standard InChI is InChI=1S/C30H36N2O5S/c1-29(2)22-12-8-9-13-24(22)31(5)26(29)14-11-15-27-30(3,4)23-20-21(38(35,36)37)17-18-25(23)32(27)19-10-6-7-16-28(33)34/h8-9,11-15,17-18,20H,6-7,10,16,19H2,1-5H3,(H-,33,34,35,36,37)/p+1. The van der Waals surface area contributed by atoms with E-state index in [1.807, 2.05) is 6.07 Å². The minimum Gasteiger partial charge on any atom is -0.481 e. The first-order valence-electron chi connectivity index (χ1n) is 13.0. The third kappa shape index (κ3) is 5.07. The number of rotatable bonds is 9. The summed E-state index contributed by atoms with van der Waals surface area (Å²) in [6.45, 7) is 9.22. The molecule has 0 atom stereocenters. The Balaban J connectivity index is 1.69. The molecule has 2 aliphatic rings. The molecule has 2 heterocycles. The summed E-state index contributed by atoms with van der Waals surface area (Å²) < 4.78 is 35.6. The smallest absolute Gasteiger partial charge is 0.303 e. The number of para-hydroxylation sites is 1. The highest BCUT2D eigenvalue weighted by atomic mass is 32.2. The summed E-state index contributed by atoms with van der Waals surface area (Å²) in [7, 11) is -2.25. The molecule has 4 rings (SSSR count). The number of nitrogens with zero attached hydrogens (tertiary/aromatic N) is 2. The molecule has 0 fully saturated rings. The second kappa shape index (κ2) is 10.2. The molecule has 38 heavy (non-hydrogen) atoms. The molecule has 0 saturated heterocycles. The molecule has 0 unspecified atom stereocenters.